The summed E-state index contributed by atoms with van der Waals surface area (Å²) in [6, 6.07) is 66.9. The largest absolute Gasteiger partial charge is 0.208 e. The fourth-order valence-electron chi connectivity index (χ4n) is 11.3. The minimum Gasteiger partial charge on any atom is -0.208 e. The molecular weight excluding hydrogens is 729 g/mol. The van der Waals surface area contributed by atoms with Gasteiger partial charge in [0.15, 0.2) is 17.5 Å². The van der Waals surface area contributed by atoms with Gasteiger partial charge in [-0.15, -0.1) is 0 Å². The van der Waals surface area contributed by atoms with Crippen LogP contribution in [-0.4, -0.2) is 15.0 Å². The van der Waals surface area contributed by atoms with Gasteiger partial charge in [0, 0.05) is 22.1 Å². The Kier molecular flexibility index (Phi) is 9.04. The van der Waals surface area contributed by atoms with E-state index >= 15 is 0 Å². The SMILES string of the molecule is N#Cc1cccc(-c2ccc(C3(c4ccc(-c5ccc(-c6nc(-c7ccccc7)nc(-c7ccc(-c8ccccc8)cc7)n6)cc5)cc4)C4CC5CC(C4)CC3C5)cc2)c1. The maximum Gasteiger partial charge on any atom is 0.164 e. The molecule has 0 aliphatic heterocycles. The van der Waals surface area contributed by atoms with Gasteiger partial charge >= 0.3 is 0 Å². The average Bonchev–Trinajstić information content (AvgIpc) is 3.32. The Morgan fingerprint density at radius 2 is 0.717 bits per heavy atom. The van der Waals surface area contributed by atoms with Crippen LogP contribution < -0.4 is 0 Å². The van der Waals surface area contributed by atoms with Crippen molar-refractivity contribution in [2.75, 3.05) is 0 Å². The second-order valence-electron chi connectivity index (χ2n) is 17.2. The number of nitriles is 1. The lowest BCUT2D eigenvalue weighted by Gasteiger charge is -2.62. The maximum atomic E-state index is 9.52. The predicted octanol–water partition coefficient (Wildman–Crippen LogP) is 13.5. The summed E-state index contributed by atoms with van der Waals surface area (Å²) in [7, 11) is 0. The highest BCUT2D eigenvalue weighted by Gasteiger charge is 2.58. The van der Waals surface area contributed by atoms with Crippen molar-refractivity contribution in [2.45, 2.75) is 37.5 Å². The van der Waals surface area contributed by atoms with Gasteiger partial charge in [-0.05, 0) is 112 Å². The molecule has 4 aliphatic carbocycles. The molecule has 0 unspecified atom stereocenters. The molecule has 4 fully saturated rings. The van der Waals surface area contributed by atoms with Crippen molar-refractivity contribution in [3.63, 3.8) is 0 Å². The van der Waals surface area contributed by atoms with Crippen molar-refractivity contribution in [3.8, 4) is 73.6 Å². The normalized spacial score (nSPS) is 21.4. The lowest BCUT2D eigenvalue weighted by molar-refractivity contribution is -0.0418. The fourth-order valence-corrected chi connectivity index (χ4v) is 11.3. The topological polar surface area (TPSA) is 62.5 Å². The molecule has 12 rings (SSSR count). The molecule has 4 aliphatic rings. The summed E-state index contributed by atoms with van der Waals surface area (Å²) in [4.78, 5) is 15.0. The van der Waals surface area contributed by atoms with Gasteiger partial charge in [-0.3, -0.25) is 0 Å². The van der Waals surface area contributed by atoms with Gasteiger partial charge in [-0.2, -0.15) is 5.26 Å². The summed E-state index contributed by atoms with van der Waals surface area (Å²) < 4.78 is 0. The molecule has 288 valence electrons. The first-order valence-electron chi connectivity index (χ1n) is 21.4. The molecule has 4 saturated carbocycles. The second kappa shape index (κ2) is 15.0. The van der Waals surface area contributed by atoms with Crippen LogP contribution in [0.3, 0.4) is 0 Å². The highest BCUT2D eigenvalue weighted by Crippen LogP contribution is 2.65. The van der Waals surface area contributed by atoms with Crippen LogP contribution >= 0.6 is 0 Å². The lowest BCUT2D eigenvalue weighted by atomic mass is 9.42. The molecule has 0 amide bonds. The zero-order chi connectivity index (χ0) is 40.0. The number of nitrogens with zero attached hydrogens (tertiary/aromatic N) is 4. The third-order valence-corrected chi connectivity index (χ3v) is 13.9. The standard InChI is InChI=1S/C56H44N4/c57-36-37-8-7-13-48(31-37)44-24-28-50(29-25-44)56(51-32-38-30-39(34-51)35-52(56)33-38)49-26-22-43(23-27-49)42-16-20-47(21-17-42)55-59-53(45-11-5-2-6-12-45)58-54(60-55)46-18-14-41(15-19-46)40-9-3-1-4-10-40/h1-29,31,38-39,51-52H,30,32-35H2. The highest BCUT2D eigenvalue weighted by molar-refractivity contribution is 5.73. The van der Waals surface area contributed by atoms with Gasteiger partial charge in [-0.25, -0.2) is 15.0 Å². The molecule has 4 heteroatoms. The third-order valence-electron chi connectivity index (χ3n) is 13.9. The second-order valence-corrected chi connectivity index (χ2v) is 17.2. The predicted molar refractivity (Wildman–Crippen MR) is 241 cm³/mol. The first-order valence-corrected chi connectivity index (χ1v) is 21.4. The molecule has 4 nitrogen and oxygen atoms in total. The van der Waals surface area contributed by atoms with Gasteiger partial charge in [-0.1, -0.05) is 170 Å². The van der Waals surface area contributed by atoms with Crippen molar-refractivity contribution in [3.05, 3.63) is 199 Å². The van der Waals surface area contributed by atoms with Crippen molar-refractivity contribution < 1.29 is 0 Å². The van der Waals surface area contributed by atoms with Crippen LogP contribution in [0.15, 0.2) is 182 Å². The highest BCUT2D eigenvalue weighted by atomic mass is 15.0. The number of aromatic nitrogens is 3. The summed E-state index contributed by atoms with van der Waals surface area (Å²) in [5, 5.41) is 9.52. The number of hydrogen-bond acceptors (Lipinski definition) is 4. The summed E-state index contributed by atoms with van der Waals surface area (Å²) >= 11 is 0. The number of hydrogen-bond donors (Lipinski definition) is 0. The van der Waals surface area contributed by atoms with Gasteiger partial charge in [0.2, 0.25) is 0 Å². The van der Waals surface area contributed by atoms with E-state index in [9.17, 15) is 5.26 Å². The van der Waals surface area contributed by atoms with Crippen LogP contribution in [0.1, 0.15) is 48.8 Å². The summed E-state index contributed by atoms with van der Waals surface area (Å²) in [6.07, 6.45) is 6.73. The van der Waals surface area contributed by atoms with Crippen molar-refractivity contribution in [1.82, 2.24) is 15.0 Å². The summed E-state index contributed by atoms with van der Waals surface area (Å²) in [5.41, 5.74) is 13.4. The molecule has 1 aromatic heterocycles. The molecular formula is C56H44N4. The molecule has 0 radical (unpaired) electrons. The number of rotatable bonds is 8. The van der Waals surface area contributed by atoms with Crippen LogP contribution in [0.5, 0.6) is 0 Å². The van der Waals surface area contributed by atoms with Crippen LogP contribution in [-0.2, 0) is 5.41 Å². The van der Waals surface area contributed by atoms with E-state index in [1.807, 2.05) is 54.6 Å². The van der Waals surface area contributed by atoms with Gasteiger partial charge in [0.1, 0.15) is 0 Å². The van der Waals surface area contributed by atoms with E-state index in [-0.39, 0.29) is 5.41 Å². The summed E-state index contributed by atoms with van der Waals surface area (Å²) in [6.45, 7) is 0. The quantitative estimate of drug-likeness (QED) is 0.154. The molecule has 1 heterocycles. The zero-order valence-corrected chi connectivity index (χ0v) is 33.5. The summed E-state index contributed by atoms with van der Waals surface area (Å²) in [5.74, 6) is 5.01. The Balaban J connectivity index is 0.911. The first-order chi connectivity index (χ1) is 29.6. The van der Waals surface area contributed by atoms with Crippen molar-refractivity contribution in [1.29, 1.82) is 5.26 Å². The van der Waals surface area contributed by atoms with Gasteiger partial charge in [0.05, 0.1) is 11.6 Å². The minimum atomic E-state index is 0.0115. The Labute approximate surface area is 352 Å². The van der Waals surface area contributed by atoms with Gasteiger partial charge < -0.3 is 0 Å². The molecule has 0 saturated heterocycles. The zero-order valence-electron chi connectivity index (χ0n) is 33.5. The van der Waals surface area contributed by atoms with Crippen LogP contribution in [0.25, 0.3) is 67.5 Å². The monoisotopic (exact) mass is 772 g/mol. The third kappa shape index (κ3) is 6.42. The molecule has 8 aromatic rings. The molecule has 0 atom stereocenters. The van der Waals surface area contributed by atoms with Crippen LogP contribution in [0.2, 0.25) is 0 Å². The van der Waals surface area contributed by atoms with Gasteiger partial charge in [0.25, 0.3) is 0 Å². The van der Waals surface area contributed by atoms with Crippen LogP contribution in [0.4, 0.5) is 0 Å². The Morgan fingerprint density at radius 1 is 0.367 bits per heavy atom. The molecule has 4 bridgehead atoms. The average molecular weight is 773 g/mol. The molecule has 0 spiro atoms. The van der Waals surface area contributed by atoms with Crippen molar-refractivity contribution in [2.24, 2.45) is 23.7 Å². The van der Waals surface area contributed by atoms with Crippen LogP contribution in [0, 0.1) is 35.0 Å². The Bertz CT molecular complexity index is 2810. The molecule has 0 N–H and O–H groups in total. The van der Waals surface area contributed by atoms with Crippen molar-refractivity contribution >= 4 is 0 Å². The lowest BCUT2D eigenvalue weighted by Crippen LogP contribution is -2.56. The smallest absolute Gasteiger partial charge is 0.164 e. The molecule has 60 heavy (non-hydrogen) atoms. The van der Waals surface area contributed by atoms with E-state index in [2.05, 4.69) is 133 Å². The van der Waals surface area contributed by atoms with E-state index < -0.39 is 0 Å². The first kappa shape index (κ1) is 36.1. The fraction of sp³-hybridized carbons (Fsp3) is 0.179. The molecule has 7 aromatic carbocycles. The number of benzene rings is 7. The van der Waals surface area contributed by atoms with E-state index in [0.717, 1.165) is 45.2 Å². The maximum absolute atomic E-state index is 9.52. The van der Waals surface area contributed by atoms with E-state index in [0.29, 0.717) is 34.9 Å². The van der Waals surface area contributed by atoms with E-state index in [4.69, 9.17) is 15.0 Å². The van der Waals surface area contributed by atoms with E-state index in [1.54, 1.807) is 0 Å². The Hall–Kier alpha value is -6.96. The minimum absolute atomic E-state index is 0.0115. The van der Waals surface area contributed by atoms with E-state index in [1.165, 1.54) is 59.9 Å². The Morgan fingerprint density at radius 3 is 1.17 bits per heavy atom.